The molecule has 1 atom stereocenters. The van der Waals surface area contributed by atoms with Gasteiger partial charge in [0.05, 0.1) is 17.0 Å². The minimum absolute atomic E-state index is 0.0180. The Morgan fingerprint density at radius 3 is 2.45 bits per heavy atom. The van der Waals surface area contributed by atoms with Crippen LogP contribution in [0.15, 0.2) is 89.1 Å². The molecule has 4 rings (SSSR count). The monoisotopic (exact) mass is 383 g/mol. The molecule has 3 heteroatoms. The summed E-state index contributed by atoms with van der Waals surface area (Å²) in [5.41, 5.74) is 3.06. The minimum atomic E-state index is -0.0180. The van der Waals surface area contributed by atoms with E-state index in [1.807, 2.05) is 55.5 Å². The predicted molar refractivity (Wildman–Crippen MR) is 119 cm³/mol. The Hall–Kier alpha value is -3.20. The molecule has 0 aromatic heterocycles. The molecule has 146 valence electrons. The van der Waals surface area contributed by atoms with Gasteiger partial charge in [0.15, 0.2) is 5.78 Å². The highest BCUT2D eigenvalue weighted by molar-refractivity contribution is 6.25. The topological polar surface area (TPSA) is 49.7 Å². The predicted octanol–water partition coefficient (Wildman–Crippen LogP) is 6.67. The molecule has 0 heterocycles. The van der Waals surface area contributed by atoms with Crippen LogP contribution in [-0.4, -0.2) is 16.6 Å². The number of aliphatic hydroxyl groups is 1. The molecule has 1 aliphatic carbocycles. The van der Waals surface area contributed by atoms with Crippen molar-refractivity contribution in [1.29, 1.82) is 0 Å². The number of fused-ring (bicyclic) bond motifs is 1. The average molecular weight is 383 g/mol. The number of hydrogen-bond acceptors (Lipinski definition) is 3. The molecule has 1 aliphatic rings. The number of nitrogens with zero attached hydrogens (tertiary/aromatic N) is 1. The molecule has 0 bridgehead atoms. The Bertz CT molecular complexity index is 1100. The lowest BCUT2D eigenvalue weighted by atomic mass is 9.78. The van der Waals surface area contributed by atoms with Crippen LogP contribution in [0, 0.1) is 0 Å². The first-order valence-electron chi connectivity index (χ1n) is 10.2. The van der Waals surface area contributed by atoms with Crippen molar-refractivity contribution in [3.63, 3.8) is 0 Å². The van der Waals surface area contributed by atoms with Crippen molar-refractivity contribution in [3.8, 4) is 0 Å². The van der Waals surface area contributed by atoms with E-state index < -0.39 is 0 Å². The fraction of sp³-hybridized carbons (Fsp3) is 0.231. The van der Waals surface area contributed by atoms with Crippen LogP contribution < -0.4 is 0 Å². The van der Waals surface area contributed by atoms with Crippen LogP contribution in [0.3, 0.4) is 0 Å². The summed E-state index contributed by atoms with van der Waals surface area (Å²) in [5, 5.41) is 12.9. The summed E-state index contributed by atoms with van der Waals surface area (Å²) in [7, 11) is 0. The number of carbonyl (C=O) groups is 1. The van der Waals surface area contributed by atoms with Gasteiger partial charge in [-0.15, -0.1) is 0 Å². The normalized spacial score (nSPS) is 20.2. The lowest BCUT2D eigenvalue weighted by molar-refractivity contribution is -0.115. The van der Waals surface area contributed by atoms with Gasteiger partial charge in [0.25, 0.3) is 0 Å². The number of aliphatic hydroxyl groups excluding tert-OH is 1. The van der Waals surface area contributed by atoms with Crippen molar-refractivity contribution in [1.82, 2.24) is 0 Å². The number of benzene rings is 3. The van der Waals surface area contributed by atoms with E-state index in [1.54, 1.807) is 0 Å². The van der Waals surface area contributed by atoms with E-state index in [0.717, 1.165) is 28.4 Å². The smallest absolute Gasteiger partial charge is 0.168 e. The van der Waals surface area contributed by atoms with Gasteiger partial charge in [-0.05, 0) is 47.2 Å². The van der Waals surface area contributed by atoms with E-state index in [2.05, 4.69) is 24.3 Å². The molecular weight excluding hydrogens is 358 g/mol. The maximum absolute atomic E-state index is 13.0. The van der Waals surface area contributed by atoms with Crippen LogP contribution in [0.2, 0.25) is 0 Å². The number of ketones is 1. The van der Waals surface area contributed by atoms with Gasteiger partial charge in [-0.1, -0.05) is 67.6 Å². The van der Waals surface area contributed by atoms with Gasteiger partial charge in [0.2, 0.25) is 0 Å². The highest BCUT2D eigenvalue weighted by atomic mass is 16.3. The van der Waals surface area contributed by atoms with E-state index in [9.17, 15) is 9.90 Å². The molecule has 1 N–H and O–H groups in total. The van der Waals surface area contributed by atoms with E-state index >= 15 is 0 Å². The van der Waals surface area contributed by atoms with Crippen LogP contribution in [-0.2, 0) is 4.79 Å². The van der Waals surface area contributed by atoms with Crippen molar-refractivity contribution in [3.05, 3.63) is 89.7 Å². The largest absolute Gasteiger partial charge is 0.511 e. The van der Waals surface area contributed by atoms with E-state index in [-0.39, 0.29) is 17.5 Å². The van der Waals surface area contributed by atoms with E-state index in [0.29, 0.717) is 30.5 Å². The van der Waals surface area contributed by atoms with Crippen molar-refractivity contribution in [2.75, 3.05) is 0 Å². The fourth-order valence-corrected chi connectivity index (χ4v) is 4.05. The summed E-state index contributed by atoms with van der Waals surface area (Å²) in [5.74, 6) is 0.236. The summed E-state index contributed by atoms with van der Waals surface area (Å²) in [4.78, 5) is 17.9. The fourth-order valence-electron chi connectivity index (χ4n) is 4.05. The third-order valence-electron chi connectivity index (χ3n) is 5.48. The quantitative estimate of drug-likeness (QED) is 0.404. The summed E-state index contributed by atoms with van der Waals surface area (Å²) < 4.78 is 0. The molecule has 0 amide bonds. The molecule has 3 aromatic carbocycles. The van der Waals surface area contributed by atoms with Gasteiger partial charge in [0, 0.05) is 12.8 Å². The van der Waals surface area contributed by atoms with Crippen LogP contribution in [0.1, 0.15) is 44.1 Å². The first kappa shape index (κ1) is 19.1. The van der Waals surface area contributed by atoms with Crippen LogP contribution in [0.4, 0.5) is 5.69 Å². The average Bonchev–Trinajstić information content (AvgIpc) is 2.74. The zero-order valence-electron chi connectivity index (χ0n) is 16.6. The van der Waals surface area contributed by atoms with Gasteiger partial charge in [0.1, 0.15) is 5.76 Å². The number of aliphatic imine (C=N–C) groups is 1. The first-order chi connectivity index (χ1) is 14.2. The summed E-state index contributed by atoms with van der Waals surface area (Å²) >= 11 is 0. The Kier molecular flexibility index (Phi) is 5.57. The Morgan fingerprint density at radius 2 is 1.69 bits per heavy atom. The van der Waals surface area contributed by atoms with Crippen LogP contribution in [0.5, 0.6) is 0 Å². The number of hydrogen-bond donors (Lipinski definition) is 1. The van der Waals surface area contributed by atoms with Crippen molar-refractivity contribution < 1.29 is 9.90 Å². The van der Waals surface area contributed by atoms with Gasteiger partial charge in [-0.25, -0.2) is 0 Å². The number of rotatable bonds is 4. The third kappa shape index (κ3) is 4.14. The molecule has 3 aromatic rings. The molecule has 0 spiro atoms. The number of Topliss-reactive ketones (excluding diaryl/α,β-unsaturated/α-hetero) is 1. The Morgan fingerprint density at radius 1 is 0.966 bits per heavy atom. The molecule has 0 radical (unpaired) electrons. The van der Waals surface area contributed by atoms with Gasteiger partial charge in [-0.2, -0.15) is 0 Å². The minimum Gasteiger partial charge on any atom is -0.511 e. The third-order valence-corrected chi connectivity index (χ3v) is 5.48. The maximum Gasteiger partial charge on any atom is 0.168 e. The van der Waals surface area contributed by atoms with Crippen LogP contribution >= 0.6 is 0 Å². The van der Waals surface area contributed by atoms with E-state index in [4.69, 9.17) is 4.99 Å². The first-order valence-corrected chi connectivity index (χ1v) is 10.2. The van der Waals surface area contributed by atoms with Gasteiger partial charge >= 0.3 is 0 Å². The molecule has 0 aliphatic heterocycles. The SMILES string of the molecule is CCC/C(O)=C1\C(=O)C[C@@H](c2ccccc2)CC1=Nc1ccc2ccccc2c1. The van der Waals surface area contributed by atoms with Gasteiger partial charge in [-0.3, -0.25) is 9.79 Å². The highest BCUT2D eigenvalue weighted by Gasteiger charge is 2.32. The molecular formula is C26H25NO2. The molecule has 1 saturated carbocycles. The molecule has 1 fully saturated rings. The molecule has 0 saturated heterocycles. The van der Waals surface area contributed by atoms with Gasteiger partial charge < -0.3 is 5.11 Å². The second-order valence-electron chi connectivity index (χ2n) is 7.60. The lowest BCUT2D eigenvalue weighted by Crippen LogP contribution is -2.26. The Balaban J connectivity index is 1.78. The lowest BCUT2D eigenvalue weighted by Gasteiger charge is -2.26. The highest BCUT2D eigenvalue weighted by Crippen LogP contribution is 2.35. The zero-order valence-corrected chi connectivity index (χ0v) is 16.6. The summed E-state index contributed by atoms with van der Waals surface area (Å²) in [6.07, 6.45) is 2.33. The number of carbonyl (C=O) groups excluding carboxylic acids is 1. The second kappa shape index (κ2) is 8.44. The maximum atomic E-state index is 13.0. The van der Waals surface area contributed by atoms with Crippen molar-refractivity contribution in [2.45, 2.75) is 38.5 Å². The second-order valence-corrected chi connectivity index (χ2v) is 7.60. The molecule has 3 nitrogen and oxygen atoms in total. The zero-order chi connectivity index (χ0) is 20.2. The summed E-state index contributed by atoms with van der Waals surface area (Å²) in [6.45, 7) is 2.00. The van der Waals surface area contributed by atoms with Crippen molar-refractivity contribution in [2.24, 2.45) is 4.99 Å². The van der Waals surface area contributed by atoms with Crippen molar-refractivity contribution >= 4 is 28.0 Å². The summed E-state index contributed by atoms with van der Waals surface area (Å²) in [6, 6.07) is 24.3. The Labute approximate surface area is 171 Å². The standard InChI is InChI=1S/C26H25NO2/c1-2-8-24(28)26-23(16-21(17-25(26)29)18-9-4-3-5-10-18)27-22-14-13-19-11-6-7-12-20(19)15-22/h3-7,9-15,21,28H,2,8,16-17H2,1H3/b26-24+,27-23?/t21-/m0/s1. The van der Waals surface area contributed by atoms with E-state index in [1.165, 1.54) is 0 Å². The van der Waals surface area contributed by atoms with Crippen LogP contribution in [0.25, 0.3) is 10.8 Å². The number of allylic oxidation sites excluding steroid dienone is 2. The molecule has 0 unspecified atom stereocenters. The molecule has 29 heavy (non-hydrogen) atoms.